The summed E-state index contributed by atoms with van der Waals surface area (Å²) in [7, 11) is 0. The first kappa shape index (κ1) is 16.7. The first-order valence-electron chi connectivity index (χ1n) is 7.99. The zero-order chi connectivity index (χ0) is 16.9. The lowest BCUT2D eigenvalue weighted by atomic mass is 10.1. The van der Waals surface area contributed by atoms with Crippen LogP contribution in [-0.4, -0.2) is 35.0 Å². The largest absolute Gasteiger partial charge is 0.489 e. The molecule has 1 fully saturated rings. The van der Waals surface area contributed by atoms with Gasteiger partial charge in [-0.3, -0.25) is 14.7 Å². The normalized spacial score (nSPS) is 16.0. The van der Waals surface area contributed by atoms with E-state index < -0.39 is 5.91 Å². The molecule has 2 N–H and O–H groups in total. The minimum absolute atomic E-state index is 0.135. The van der Waals surface area contributed by atoms with Gasteiger partial charge in [-0.25, -0.2) is 0 Å². The molecule has 5 nitrogen and oxygen atoms in total. The van der Waals surface area contributed by atoms with Gasteiger partial charge in [-0.05, 0) is 48.7 Å². The molecule has 2 heterocycles. The van der Waals surface area contributed by atoms with Crippen molar-refractivity contribution in [3.05, 3.63) is 58.9 Å². The van der Waals surface area contributed by atoms with Crippen LogP contribution in [0.5, 0.6) is 5.75 Å². The van der Waals surface area contributed by atoms with Gasteiger partial charge in [0.15, 0.2) is 0 Å². The van der Waals surface area contributed by atoms with Gasteiger partial charge in [0, 0.05) is 37.6 Å². The van der Waals surface area contributed by atoms with E-state index in [0.29, 0.717) is 16.3 Å². The first-order chi connectivity index (χ1) is 11.6. The highest BCUT2D eigenvalue weighted by molar-refractivity contribution is 6.32. The highest BCUT2D eigenvalue weighted by atomic mass is 35.5. The Morgan fingerprint density at radius 3 is 2.58 bits per heavy atom. The second-order valence-electron chi connectivity index (χ2n) is 5.96. The van der Waals surface area contributed by atoms with Gasteiger partial charge in [0.2, 0.25) is 5.91 Å². The van der Waals surface area contributed by atoms with Crippen LogP contribution in [-0.2, 0) is 6.54 Å². The zero-order valence-electron chi connectivity index (χ0n) is 13.3. The molecule has 1 aliphatic rings. The molecular formula is C18H20ClN3O2. The van der Waals surface area contributed by atoms with Crippen molar-refractivity contribution in [1.82, 2.24) is 9.88 Å². The number of nitrogens with zero attached hydrogens (tertiary/aromatic N) is 2. The van der Waals surface area contributed by atoms with Crippen LogP contribution in [0.1, 0.15) is 28.8 Å². The molecule has 0 saturated carbocycles. The van der Waals surface area contributed by atoms with Gasteiger partial charge in [-0.2, -0.15) is 0 Å². The van der Waals surface area contributed by atoms with Crippen LogP contribution in [0, 0.1) is 0 Å². The molecule has 0 unspecified atom stereocenters. The van der Waals surface area contributed by atoms with Crippen LogP contribution >= 0.6 is 11.6 Å². The maximum Gasteiger partial charge on any atom is 0.248 e. The molecule has 6 heteroatoms. The average molecular weight is 346 g/mol. The van der Waals surface area contributed by atoms with E-state index in [2.05, 4.69) is 9.88 Å². The topological polar surface area (TPSA) is 68.5 Å². The number of piperidine rings is 1. The van der Waals surface area contributed by atoms with E-state index in [1.165, 1.54) is 5.56 Å². The molecule has 1 amide bonds. The fourth-order valence-corrected chi connectivity index (χ4v) is 3.09. The summed E-state index contributed by atoms with van der Waals surface area (Å²) in [5.74, 6) is 0.113. The van der Waals surface area contributed by atoms with Crippen molar-refractivity contribution < 1.29 is 9.53 Å². The molecule has 1 aromatic carbocycles. The number of rotatable bonds is 5. The standard InChI is InChI=1S/C18H20ClN3O2/c19-16-11-14(18(20)23)1-2-17(16)24-15-5-9-22(10-6-15)12-13-3-7-21-8-4-13/h1-4,7-8,11,15H,5-6,9-10,12H2,(H2,20,23). The Morgan fingerprint density at radius 1 is 1.25 bits per heavy atom. The van der Waals surface area contributed by atoms with Crippen molar-refractivity contribution in [1.29, 1.82) is 0 Å². The molecule has 0 atom stereocenters. The van der Waals surface area contributed by atoms with Gasteiger partial charge >= 0.3 is 0 Å². The minimum atomic E-state index is -0.493. The van der Waals surface area contributed by atoms with Gasteiger partial charge in [-0.1, -0.05) is 11.6 Å². The number of carbonyl (C=O) groups excluding carboxylic acids is 1. The number of amides is 1. The summed E-state index contributed by atoms with van der Waals surface area (Å²) in [5, 5.41) is 0.422. The van der Waals surface area contributed by atoms with Gasteiger partial charge in [-0.15, -0.1) is 0 Å². The monoisotopic (exact) mass is 345 g/mol. The third-order valence-corrected chi connectivity index (χ3v) is 4.50. The van der Waals surface area contributed by atoms with Crippen molar-refractivity contribution >= 4 is 17.5 Å². The molecular weight excluding hydrogens is 326 g/mol. The Morgan fingerprint density at radius 2 is 1.96 bits per heavy atom. The lowest BCUT2D eigenvalue weighted by Crippen LogP contribution is -2.37. The van der Waals surface area contributed by atoms with E-state index in [9.17, 15) is 4.79 Å². The number of nitrogens with two attached hydrogens (primary N) is 1. The van der Waals surface area contributed by atoms with Crippen LogP contribution < -0.4 is 10.5 Å². The van der Waals surface area contributed by atoms with E-state index in [4.69, 9.17) is 22.1 Å². The first-order valence-corrected chi connectivity index (χ1v) is 8.37. The fraction of sp³-hybridized carbons (Fsp3) is 0.333. The molecule has 3 rings (SSSR count). The van der Waals surface area contributed by atoms with E-state index in [1.54, 1.807) is 18.2 Å². The molecule has 2 aromatic rings. The molecule has 24 heavy (non-hydrogen) atoms. The van der Waals surface area contributed by atoms with Gasteiger partial charge in [0.1, 0.15) is 11.9 Å². The smallest absolute Gasteiger partial charge is 0.248 e. The van der Waals surface area contributed by atoms with Crippen molar-refractivity contribution in [3.63, 3.8) is 0 Å². The number of likely N-dealkylation sites (tertiary alicyclic amines) is 1. The van der Waals surface area contributed by atoms with Crippen LogP contribution in [0.2, 0.25) is 5.02 Å². The number of carbonyl (C=O) groups is 1. The highest BCUT2D eigenvalue weighted by Crippen LogP contribution is 2.28. The molecule has 0 radical (unpaired) electrons. The number of pyridine rings is 1. The molecule has 0 bridgehead atoms. The Bertz CT molecular complexity index is 701. The number of aromatic nitrogens is 1. The van der Waals surface area contributed by atoms with E-state index >= 15 is 0 Å². The van der Waals surface area contributed by atoms with Crippen LogP contribution in [0.15, 0.2) is 42.7 Å². The van der Waals surface area contributed by atoms with E-state index in [1.807, 2.05) is 24.5 Å². The fourth-order valence-electron chi connectivity index (χ4n) is 2.86. The third kappa shape index (κ3) is 4.24. The lowest BCUT2D eigenvalue weighted by molar-refractivity contribution is 0.0967. The number of halogens is 1. The summed E-state index contributed by atoms with van der Waals surface area (Å²) in [4.78, 5) is 17.6. The quantitative estimate of drug-likeness (QED) is 0.904. The van der Waals surface area contributed by atoms with Gasteiger partial charge in [0.25, 0.3) is 0 Å². The van der Waals surface area contributed by atoms with Gasteiger partial charge < -0.3 is 10.5 Å². The maximum absolute atomic E-state index is 11.2. The average Bonchev–Trinajstić information content (AvgIpc) is 2.59. The van der Waals surface area contributed by atoms with E-state index in [0.717, 1.165) is 32.5 Å². The third-order valence-electron chi connectivity index (χ3n) is 4.20. The Kier molecular flexibility index (Phi) is 5.33. The Hall–Kier alpha value is -2.11. The molecule has 0 aliphatic carbocycles. The van der Waals surface area contributed by atoms with Crippen molar-refractivity contribution in [2.24, 2.45) is 5.73 Å². The summed E-state index contributed by atoms with van der Waals surface area (Å²) < 4.78 is 6.00. The summed E-state index contributed by atoms with van der Waals surface area (Å²) in [5.41, 5.74) is 6.91. The van der Waals surface area contributed by atoms with Crippen molar-refractivity contribution in [2.45, 2.75) is 25.5 Å². The number of hydrogen-bond acceptors (Lipinski definition) is 4. The van der Waals surface area contributed by atoms with Crippen molar-refractivity contribution in [3.8, 4) is 5.75 Å². The Labute approximate surface area is 146 Å². The van der Waals surface area contributed by atoms with Gasteiger partial charge in [0.05, 0.1) is 5.02 Å². The second-order valence-corrected chi connectivity index (χ2v) is 6.37. The maximum atomic E-state index is 11.2. The molecule has 1 saturated heterocycles. The van der Waals surface area contributed by atoms with Crippen LogP contribution in [0.4, 0.5) is 0 Å². The highest BCUT2D eigenvalue weighted by Gasteiger charge is 2.21. The predicted molar refractivity (Wildman–Crippen MR) is 93.1 cm³/mol. The zero-order valence-corrected chi connectivity index (χ0v) is 14.1. The van der Waals surface area contributed by atoms with Crippen LogP contribution in [0.3, 0.4) is 0 Å². The molecule has 1 aliphatic heterocycles. The predicted octanol–water partition coefficient (Wildman–Crippen LogP) is 2.88. The summed E-state index contributed by atoms with van der Waals surface area (Å²) in [6.45, 7) is 2.89. The molecule has 0 spiro atoms. The number of ether oxygens (including phenoxy) is 1. The lowest BCUT2D eigenvalue weighted by Gasteiger charge is -2.32. The SMILES string of the molecule is NC(=O)c1ccc(OC2CCN(Cc3ccncc3)CC2)c(Cl)c1. The molecule has 1 aromatic heterocycles. The second kappa shape index (κ2) is 7.64. The summed E-state index contributed by atoms with van der Waals surface area (Å²) in [6.07, 6.45) is 5.67. The number of benzene rings is 1. The number of hydrogen-bond donors (Lipinski definition) is 1. The van der Waals surface area contributed by atoms with E-state index in [-0.39, 0.29) is 6.10 Å². The molecule has 126 valence electrons. The summed E-state index contributed by atoms with van der Waals surface area (Å²) >= 11 is 6.18. The Balaban J connectivity index is 1.53. The van der Waals surface area contributed by atoms with Crippen molar-refractivity contribution in [2.75, 3.05) is 13.1 Å². The summed E-state index contributed by atoms with van der Waals surface area (Å²) in [6, 6.07) is 9.00. The van der Waals surface area contributed by atoms with Crippen LogP contribution in [0.25, 0.3) is 0 Å². The number of primary amides is 1. The minimum Gasteiger partial charge on any atom is -0.489 e.